The van der Waals surface area contributed by atoms with Gasteiger partial charge in [0, 0.05) is 56.8 Å². The van der Waals surface area contributed by atoms with Crippen LogP contribution in [0, 0.1) is 13.8 Å². The summed E-state index contributed by atoms with van der Waals surface area (Å²) in [6.07, 6.45) is 0. The Balaban J connectivity index is 1.23. The van der Waals surface area contributed by atoms with Gasteiger partial charge in [-0.15, -0.1) is 0 Å². The lowest BCUT2D eigenvalue weighted by Crippen LogP contribution is -2.45. The van der Waals surface area contributed by atoms with Gasteiger partial charge < -0.3 is 10.2 Å². The van der Waals surface area contributed by atoms with Gasteiger partial charge >= 0.3 is 0 Å². The minimum Gasteiger partial charge on any atom is -0.369 e. The lowest BCUT2D eigenvalue weighted by molar-refractivity contribution is 0.102. The van der Waals surface area contributed by atoms with Crippen molar-refractivity contribution >= 4 is 28.3 Å². The van der Waals surface area contributed by atoms with Crippen molar-refractivity contribution in [2.45, 2.75) is 20.4 Å². The van der Waals surface area contributed by atoms with Crippen LogP contribution >= 0.6 is 0 Å². The summed E-state index contributed by atoms with van der Waals surface area (Å²) in [6.45, 7) is 8.86. The van der Waals surface area contributed by atoms with E-state index in [0.717, 1.165) is 60.8 Å². The first-order valence-electron chi connectivity index (χ1n) is 11.7. The maximum absolute atomic E-state index is 13.1. The number of aryl methyl sites for hydroxylation is 3. The number of carbonyl (C=O) groups is 1. The van der Waals surface area contributed by atoms with Gasteiger partial charge in [-0.25, -0.2) is 4.98 Å². The smallest absolute Gasteiger partial charge is 0.256 e. The molecule has 1 aliphatic rings. The molecule has 0 saturated carbocycles. The van der Waals surface area contributed by atoms with Crippen molar-refractivity contribution in [3.63, 3.8) is 0 Å². The topological polar surface area (TPSA) is 66.3 Å². The molecular weight excluding hydrogens is 424 g/mol. The van der Waals surface area contributed by atoms with Gasteiger partial charge in [0.2, 0.25) is 0 Å². The number of nitrogens with one attached hydrogen (secondary N) is 1. The van der Waals surface area contributed by atoms with Gasteiger partial charge in [-0.3, -0.25) is 14.4 Å². The molecule has 5 rings (SSSR count). The van der Waals surface area contributed by atoms with E-state index < -0.39 is 0 Å². The summed E-state index contributed by atoms with van der Waals surface area (Å²) >= 11 is 0. The number of rotatable bonds is 5. The van der Waals surface area contributed by atoms with E-state index in [1.807, 2.05) is 39.1 Å². The average molecular weight is 455 g/mol. The molecule has 1 N–H and O–H groups in total. The Kier molecular flexibility index (Phi) is 6.02. The van der Waals surface area contributed by atoms with Crippen molar-refractivity contribution in [2.75, 3.05) is 36.4 Å². The van der Waals surface area contributed by atoms with Crippen LogP contribution in [0.2, 0.25) is 0 Å². The number of benzene rings is 2. The zero-order chi connectivity index (χ0) is 23.7. The van der Waals surface area contributed by atoms with Gasteiger partial charge in [-0.2, -0.15) is 5.10 Å². The highest BCUT2D eigenvalue weighted by Gasteiger charge is 2.19. The summed E-state index contributed by atoms with van der Waals surface area (Å²) < 4.78 is 1.73. The summed E-state index contributed by atoms with van der Waals surface area (Å²) in [5.74, 6) is -0.145. The number of amides is 1. The van der Waals surface area contributed by atoms with Crippen LogP contribution in [0.4, 0.5) is 11.4 Å². The van der Waals surface area contributed by atoms with E-state index in [0.29, 0.717) is 5.56 Å². The molecular formula is C27H30N6O. The average Bonchev–Trinajstić information content (AvgIpc) is 3.13. The number of aromatic nitrogens is 3. The van der Waals surface area contributed by atoms with Crippen LogP contribution in [-0.2, 0) is 13.6 Å². The van der Waals surface area contributed by atoms with E-state index in [4.69, 9.17) is 0 Å². The Morgan fingerprint density at radius 3 is 2.38 bits per heavy atom. The minimum absolute atomic E-state index is 0.145. The molecule has 4 aromatic rings. The zero-order valence-corrected chi connectivity index (χ0v) is 20.0. The molecule has 7 nitrogen and oxygen atoms in total. The quantitative estimate of drug-likeness (QED) is 0.491. The molecule has 0 bridgehead atoms. The molecule has 2 aromatic heterocycles. The summed E-state index contributed by atoms with van der Waals surface area (Å²) in [4.78, 5) is 22.6. The predicted molar refractivity (Wildman–Crippen MR) is 136 cm³/mol. The molecule has 174 valence electrons. The molecule has 1 amide bonds. The number of nitrogens with zero attached hydrogens (tertiary/aromatic N) is 5. The second-order valence-corrected chi connectivity index (χ2v) is 8.97. The number of pyridine rings is 1. The number of fused-ring (bicyclic) bond motifs is 1. The summed E-state index contributed by atoms with van der Waals surface area (Å²) in [6, 6.07) is 20.6. The third kappa shape index (κ3) is 4.52. The second-order valence-electron chi connectivity index (χ2n) is 8.97. The summed E-state index contributed by atoms with van der Waals surface area (Å²) in [7, 11) is 1.85. The molecule has 7 heteroatoms. The third-order valence-corrected chi connectivity index (χ3v) is 6.45. The van der Waals surface area contributed by atoms with E-state index in [9.17, 15) is 4.79 Å². The van der Waals surface area contributed by atoms with Crippen LogP contribution in [0.5, 0.6) is 0 Å². The number of hydrogen-bond donors (Lipinski definition) is 1. The first-order chi connectivity index (χ1) is 16.5. The Morgan fingerprint density at radius 1 is 0.971 bits per heavy atom. The molecule has 0 aliphatic carbocycles. The van der Waals surface area contributed by atoms with Crippen LogP contribution in [0.25, 0.3) is 11.0 Å². The lowest BCUT2D eigenvalue weighted by Gasteiger charge is -2.36. The largest absolute Gasteiger partial charge is 0.369 e. The molecule has 0 radical (unpaired) electrons. The Hall–Kier alpha value is -3.71. The van der Waals surface area contributed by atoms with Crippen molar-refractivity contribution in [3.8, 4) is 0 Å². The molecule has 0 atom stereocenters. The number of piperazine rings is 1. The zero-order valence-electron chi connectivity index (χ0n) is 20.0. The van der Waals surface area contributed by atoms with E-state index in [2.05, 4.69) is 67.7 Å². The van der Waals surface area contributed by atoms with Crippen LogP contribution in [-0.4, -0.2) is 51.8 Å². The van der Waals surface area contributed by atoms with Gasteiger partial charge in [0.15, 0.2) is 5.65 Å². The van der Waals surface area contributed by atoms with E-state index >= 15 is 0 Å². The van der Waals surface area contributed by atoms with Gasteiger partial charge in [0.1, 0.15) is 0 Å². The standard InChI is InChI=1S/C27H30N6O/c1-19-17-24(25-20(2)30-31(3)26(25)28-19)27(34)29-22-9-11-23(12-10-22)33-15-13-32(14-16-33)18-21-7-5-4-6-8-21/h4-12,17H,13-16,18H2,1-3H3,(H,29,34). The van der Waals surface area contributed by atoms with Crippen molar-refractivity contribution in [1.29, 1.82) is 0 Å². The van der Waals surface area contributed by atoms with E-state index in [1.165, 1.54) is 11.3 Å². The predicted octanol–water partition coefficient (Wildman–Crippen LogP) is 4.16. The maximum Gasteiger partial charge on any atom is 0.256 e. The van der Waals surface area contributed by atoms with Crippen LogP contribution < -0.4 is 10.2 Å². The van der Waals surface area contributed by atoms with Crippen molar-refractivity contribution < 1.29 is 4.79 Å². The molecule has 3 heterocycles. The maximum atomic E-state index is 13.1. The van der Waals surface area contributed by atoms with Gasteiger partial charge in [0.25, 0.3) is 5.91 Å². The molecule has 1 aliphatic heterocycles. The normalized spacial score (nSPS) is 14.5. The van der Waals surface area contributed by atoms with Crippen LogP contribution in [0.15, 0.2) is 60.7 Å². The second kappa shape index (κ2) is 9.27. The molecule has 0 spiro atoms. The summed E-state index contributed by atoms with van der Waals surface area (Å²) in [5, 5.41) is 8.29. The summed E-state index contributed by atoms with van der Waals surface area (Å²) in [5.41, 5.74) is 6.25. The highest BCUT2D eigenvalue weighted by Crippen LogP contribution is 2.24. The minimum atomic E-state index is -0.145. The number of carbonyl (C=O) groups excluding carboxylic acids is 1. The number of hydrogen-bond acceptors (Lipinski definition) is 5. The fourth-order valence-corrected chi connectivity index (χ4v) is 4.71. The van der Waals surface area contributed by atoms with Crippen molar-refractivity contribution in [3.05, 3.63) is 83.2 Å². The number of anilines is 2. The third-order valence-electron chi connectivity index (χ3n) is 6.45. The molecule has 34 heavy (non-hydrogen) atoms. The van der Waals surface area contributed by atoms with Crippen LogP contribution in [0.3, 0.4) is 0 Å². The van der Waals surface area contributed by atoms with Gasteiger partial charge in [-0.1, -0.05) is 30.3 Å². The molecule has 1 saturated heterocycles. The Morgan fingerprint density at radius 2 is 1.68 bits per heavy atom. The van der Waals surface area contributed by atoms with Crippen molar-refractivity contribution in [1.82, 2.24) is 19.7 Å². The first-order valence-corrected chi connectivity index (χ1v) is 11.7. The Bertz CT molecular complexity index is 1300. The van der Waals surface area contributed by atoms with Gasteiger partial charge in [0.05, 0.1) is 16.6 Å². The van der Waals surface area contributed by atoms with E-state index in [1.54, 1.807) is 4.68 Å². The van der Waals surface area contributed by atoms with Crippen LogP contribution in [0.1, 0.15) is 27.3 Å². The van der Waals surface area contributed by atoms with Gasteiger partial charge in [-0.05, 0) is 49.7 Å². The van der Waals surface area contributed by atoms with E-state index in [-0.39, 0.29) is 5.91 Å². The monoisotopic (exact) mass is 454 g/mol. The molecule has 2 aromatic carbocycles. The molecule has 0 unspecified atom stereocenters. The SMILES string of the molecule is Cc1cc(C(=O)Nc2ccc(N3CCN(Cc4ccccc4)CC3)cc2)c2c(C)nn(C)c2n1. The fourth-order valence-electron chi connectivity index (χ4n) is 4.71. The van der Waals surface area contributed by atoms with Crippen molar-refractivity contribution in [2.24, 2.45) is 7.05 Å². The Labute approximate surface area is 200 Å². The highest BCUT2D eigenvalue weighted by molar-refractivity contribution is 6.12. The first kappa shape index (κ1) is 22.1. The lowest BCUT2D eigenvalue weighted by atomic mass is 10.1. The highest BCUT2D eigenvalue weighted by atomic mass is 16.1. The fraction of sp³-hybridized carbons (Fsp3) is 0.296. The molecule has 1 fully saturated rings.